The molecule has 1 unspecified atom stereocenters. The Morgan fingerprint density at radius 1 is 1.26 bits per heavy atom. The Morgan fingerprint density at radius 3 is 2.42 bits per heavy atom. The highest BCUT2D eigenvalue weighted by atomic mass is 35.5. The molecule has 2 N–H and O–H groups in total. The third-order valence-corrected chi connectivity index (χ3v) is 5.54. The monoisotopic (exact) mass is 304 g/mol. The van der Waals surface area contributed by atoms with E-state index in [9.17, 15) is 8.42 Å². The summed E-state index contributed by atoms with van der Waals surface area (Å²) in [4.78, 5) is 0.369. The van der Waals surface area contributed by atoms with Crippen LogP contribution < -0.4 is 5.73 Å². The molecule has 0 amide bonds. The van der Waals surface area contributed by atoms with Gasteiger partial charge in [0.2, 0.25) is 10.0 Å². The molecule has 1 heterocycles. The normalized spacial score (nSPS) is 20.8. The highest BCUT2D eigenvalue weighted by Crippen LogP contribution is 2.25. The molecule has 0 radical (unpaired) electrons. The van der Waals surface area contributed by atoms with Crippen LogP contribution in [0.4, 0.5) is 0 Å². The minimum atomic E-state index is -3.34. The van der Waals surface area contributed by atoms with Crippen LogP contribution in [0.3, 0.4) is 0 Å². The van der Waals surface area contributed by atoms with E-state index in [4.69, 9.17) is 5.73 Å². The summed E-state index contributed by atoms with van der Waals surface area (Å²) in [6.07, 6.45) is 3.00. The van der Waals surface area contributed by atoms with Crippen molar-refractivity contribution in [1.29, 1.82) is 0 Å². The van der Waals surface area contributed by atoms with Crippen LogP contribution in [0.15, 0.2) is 29.2 Å². The number of rotatable bonds is 3. The number of nitrogens with zero attached hydrogens (tertiary/aromatic N) is 1. The molecule has 0 aliphatic carbocycles. The summed E-state index contributed by atoms with van der Waals surface area (Å²) < 4.78 is 26.6. The van der Waals surface area contributed by atoms with Gasteiger partial charge in [-0.05, 0) is 37.5 Å². The number of nitrogens with two attached hydrogens (primary N) is 1. The highest BCUT2D eigenvalue weighted by Gasteiger charge is 2.30. The van der Waals surface area contributed by atoms with Crippen molar-refractivity contribution in [2.24, 2.45) is 5.73 Å². The summed E-state index contributed by atoms with van der Waals surface area (Å²) in [5.74, 6) is 0. The standard InChI is InChI=1S/C13H20N2O2S.ClH/c1-11-4-2-3-9-15(11)18(16,17)13-7-5-12(10-14)6-8-13;/h5-8,11H,2-4,9-10,14H2,1H3;1H. The van der Waals surface area contributed by atoms with Gasteiger partial charge in [0.1, 0.15) is 0 Å². The average molecular weight is 305 g/mol. The fraction of sp³-hybridized carbons (Fsp3) is 0.538. The predicted octanol–water partition coefficient (Wildman–Crippen LogP) is 2.13. The summed E-state index contributed by atoms with van der Waals surface area (Å²) in [6, 6.07) is 6.96. The molecule has 0 aromatic heterocycles. The maximum atomic E-state index is 12.5. The van der Waals surface area contributed by atoms with Crippen molar-refractivity contribution < 1.29 is 8.42 Å². The SMILES string of the molecule is CC1CCCCN1S(=O)(=O)c1ccc(CN)cc1.Cl. The lowest BCUT2D eigenvalue weighted by molar-refractivity contribution is 0.268. The summed E-state index contributed by atoms with van der Waals surface area (Å²) >= 11 is 0. The van der Waals surface area contributed by atoms with Crippen LogP contribution in [0.2, 0.25) is 0 Å². The molecular formula is C13H21ClN2O2S. The van der Waals surface area contributed by atoms with E-state index in [1.165, 1.54) is 0 Å². The first-order chi connectivity index (χ1) is 8.55. The van der Waals surface area contributed by atoms with E-state index in [0.29, 0.717) is 18.0 Å². The van der Waals surface area contributed by atoms with Crippen molar-refractivity contribution >= 4 is 22.4 Å². The first-order valence-corrected chi connectivity index (χ1v) is 7.80. The Balaban J connectivity index is 0.00000180. The van der Waals surface area contributed by atoms with Gasteiger partial charge in [-0.2, -0.15) is 4.31 Å². The highest BCUT2D eigenvalue weighted by molar-refractivity contribution is 7.89. The molecule has 108 valence electrons. The zero-order valence-corrected chi connectivity index (χ0v) is 12.7. The van der Waals surface area contributed by atoms with Gasteiger partial charge in [0.25, 0.3) is 0 Å². The lowest BCUT2D eigenvalue weighted by Gasteiger charge is -2.32. The summed E-state index contributed by atoms with van der Waals surface area (Å²) in [5, 5.41) is 0. The second kappa shape index (κ2) is 6.70. The zero-order valence-electron chi connectivity index (χ0n) is 11.1. The van der Waals surface area contributed by atoms with Crippen molar-refractivity contribution in [3.63, 3.8) is 0 Å². The smallest absolute Gasteiger partial charge is 0.243 e. The maximum Gasteiger partial charge on any atom is 0.243 e. The molecule has 0 bridgehead atoms. The van der Waals surface area contributed by atoms with Crippen LogP contribution in [0.1, 0.15) is 31.7 Å². The van der Waals surface area contributed by atoms with Gasteiger partial charge in [-0.3, -0.25) is 0 Å². The number of hydrogen-bond acceptors (Lipinski definition) is 3. The van der Waals surface area contributed by atoms with Crippen LogP contribution in [0.25, 0.3) is 0 Å². The van der Waals surface area contributed by atoms with Gasteiger partial charge in [0.15, 0.2) is 0 Å². The molecule has 1 saturated heterocycles. The van der Waals surface area contributed by atoms with Crippen molar-refractivity contribution in [2.75, 3.05) is 6.54 Å². The minimum Gasteiger partial charge on any atom is -0.326 e. The molecule has 2 rings (SSSR count). The third-order valence-electron chi connectivity index (χ3n) is 3.51. The summed E-state index contributed by atoms with van der Waals surface area (Å²) in [7, 11) is -3.34. The zero-order chi connectivity index (χ0) is 13.2. The van der Waals surface area contributed by atoms with E-state index in [1.807, 2.05) is 6.92 Å². The lowest BCUT2D eigenvalue weighted by atomic mass is 10.1. The molecule has 1 aliphatic heterocycles. The summed E-state index contributed by atoms with van der Waals surface area (Å²) in [6.45, 7) is 3.04. The van der Waals surface area contributed by atoms with Gasteiger partial charge in [0.05, 0.1) is 4.90 Å². The Bertz CT molecular complexity index is 502. The van der Waals surface area contributed by atoms with Crippen molar-refractivity contribution in [2.45, 2.75) is 43.7 Å². The van der Waals surface area contributed by atoms with E-state index >= 15 is 0 Å². The fourth-order valence-electron chi connectivity index (χ4n) is 2.36. The molecule has 1 aliphatic rings. The Hall–Kier alpha value is -0.620. The van der Waals surface area contributed by atoms with Gasteiger partial charge in [-0.25, -0.2) is 8.42 Å². The van der Waals surface area contributed by atoms with Gasteiger partial charge >= 0.3 is 0 Å². The van der Waals surface area contributed by atoms with Crippen molar-refractivity contribution in [1.82, 2.24) is 4.31 Å². The molecule has 1 fully saturated rings. The van der Waals surface area contributed by atoms with E-state index < -0.39 is 10.0 Å². The number of piperidine rings is 1. The van der Waals surface area contributed by atoms with E-state index in [0.717, 1.165) is 24.8 Å². The first kappa shape index (κ1) is 16.4. The predicted molar refractivity (Wildman–Crippen MR) is 78.8 cm³/mol. The van der Waals surface area contributed by atoms with E-state index in [-0.39, 0.29) is 18.4 Å². The molecule has 19 heavy (non-hydrogen) atoms. The first-order valence-electron chi connectivity index (χ1n) is 6.36. The molecule has 0 saturated carbocycles. The largest absolute Gasteiger partial charge is 0.326 e. The van der Waals surface area contributed by atoms with Crippen LogP contribution in [-0.2, 0) is 16.6 Å². The summed E-state index contributed by atoms with van der Waals surface area (Å²) in [5.41, 5.74) is 6.46. The topological polar surface area (TPSA) is 63.4 Å². The van der Waals surface area contributed by atoms with E-state index in [1.54, 1.807) is 28.6 Å². The van der Waals surface area contributed by atoms with Gasteiger partial charge < -0.3 is 5.73 Å². The lowest BCUT2D eigenvalue weighted by Crippen LogP contribution is -2.41. The fourth-order valence-corrected chi connectivity index (χ4v) is 4.06. The molecule has 1 aromatic rings. The Labute approximate surface area is 121 Å². The van der Waals surface area contributed by atoms with E-state index in [2.05, 4.69) is 0 Å². The van der Waals surface area contributed by atoms with Crippen LogP contribution in [-0.4, -0.2) is 25.3 Å². The number of hydrogen-bond donors (Lipinski definition) is 1. The quantitative estimate of drug-likeness (QED) is 0.930. The van der Waals surface area contributed by atoms with Gasteiger partial charge in [-0.15, -0.1) is 12.4 Å². The number of benzene rings is 1. The molecule has 1 aromatic carbocycles. The second-order valence-electron chi connectivity index (χ2n) is 4.81. The molecular weight excluding hydrogens is 284 g/mol. The average Bonchev–Trinajstić information content (AvgIpc) is 2.39. The Morgan fingerprint density at radius 2 is 1.89 bits per heavy atom. The molecule has 6 heteroatoms. The number of halogens is 1. The molecule has 4 nitrogen and oxygen atoms in total. The molecule has 0 spiro atoms. The number of sulfonamides is 1. The molecule has 1 atom stereocenters. The van der Waals surface area contributed by atoms with Crippen molar-refractivity contribution in [3.05, 3.63) is 29.8 Å². The van der Waals surface area contributed by atoms with Crippen LogP contribution in [0, 0.1) is 0 Å². The Kier molecular flexibility index (Phi) is 5.80. The minimum absolute atomic E-state index is 0. The van der Waals surface area contributed by atoms with Crippen molar-refractivity contribution in [3.8, 4) is 0 Å². The van der Waals surface area contributed by atoms with Gasteiger partial charge in [0, 0.05) is 19.1 Å². The third kappa shape index (κ3) is 3.48. The van der Waals surface area contributed by atoms with Gasteiger partial charge in [-0.1, -0.05) is 18.6 Å². The van der Waals surface area contributed by atoms with Crippen LogP contribution >= 0.6 is 12.4 Å². The van der Waals surface area contributed by atoms with Crippen LogP contribution in [0.5, 0.6) is 0 Å². The maximum absolute atomic E-state index is 12.5. The second-order valence-corrected chi connectivity index (χ2v) is 6.70.